The number of pyridine rings is 1. The van der Waals surface area contributed by atoms with Crippen molar-refractivity contribution in [3.63, 3.8) is 0 Å². The van der Waals surface area contributed by atoms with Crippen LogP contribution in [-0.2, 0) is 38.4 Å². The number of rotatable bonds is 12. The first-order valence-electron chi connectivity index (χ1n) is 14.5. The molecule has 0 spiro atoms. The van der Waals surface area contributed by atoms with Crippen LogP contribution in [-0.4, -0.2) is 75.6 Å². The molecule has 0 radical (unpaired) electrons. The standard InChI is InChI=1S/C32H35FN6O6/c33-24-17-27(39(20-24)32(45)38-37-28(40)16-22-10-5-2-6-11-22)31(44)36-26(15-23-12-7-13-34-19-23)30(43)35-25(18-29(41)42)14-21-8-3-1-4-9-21/h1-13,19,24-27H,14-18,20H2,(H,35,43)(H,36,44)(H,37,40)(H,38,45)(H,41,42)/t24-,25-,26-,27-/m0/s1. The Hall–Kier alpha value is -5.33. The molecule has 2 aromatic carbocycles. The van der Waals surface area contributed by atoms with Gasteiger partial charge >= 0.3 is 12.0 Å². The number of benzene rings is 2. The number of hydrogen-bond donors (Lipinski definition) is 5. The second-order valence-electron chi connectivity index (χ2n) is 10.8. The SMILES string of the molecule is O=C(O)C[C@H](Cc1ccccc1)NC(=O)[C@H](Cc1cccnc1)NC(=O)[C@@H]1C[C@H](F)CN1C(=O)NNC(=O)Cc1ccccc1. The lowest BCUT2D eigenvalue weighted by atomic mass is 10.0. The van der Waals surface area contributed by atoms with Crippen LogP contribution in [0.5, 0.6) is 0 Å². The maximum Gasteiger partial charge on any atom is 0.336 e. The second-order valence-corrected chi connectivity index (χ2v) is 10.8. The van der Waals surface area contributed by atoms with Crippen molar-refractivity contribution in [2.24, 2.45) is 0 Å². The number of amides is 5. The molecule has 4 atom stereocenters. The van der Waals surface area contributed by atoms with Gasteiger partial charge in [-0.05, 0) is 29.2 Å². The van der Waals surface area contributed by atoms with E-state index in [1.165, 1.54) is 6.20 Å². The number of carbonyl (C=O) groups is 5. The van der Waals surface area contributed by atoms with Crippen LogP contribution >= 0.6 is 0 Å². The highest BCUT2D eigenvalue weighted by Gasteiger charge is 2.41. The van der Waals surface area contributed by atoms with Crippen LogP contribution in [0.3, 0.4) is 0 Å². The number of nitrogens with one attached hydrogen (secondary N) is 4. The molecule has 1 saturated heterocycles. The van der Waals surface area contributed by atoms with Crippen molar-refractivity contribution in [2.45, 2.75) is 56.4 Å². The van der Waals surface area contributed by atoms with Crippen LogP contribution < -0.4 is 21.5 Å². The van der Waals surface area contributed by atoms with Crippen molar-refractivity contribution in [3.8, 4) is 0 Å². The Morgan fingerprint density at radius 3 is 2.18 bits per heavy atom. The summed E-state index contributed by atoms with van der Waals surface area (Å²) in [5.74, 6) is -3.04. The lowest BCUT2D eigenvalue weighted by Crippen LogP contribution is -2.57. The van der Waals surface area contributed by atoms with Crippen LogP contribution in [0.4, 0.5) is 9.18 Å². The average molecular weight is 619 g/mol. The van der Waals surface area contributed by atoms with Crippen molar-refractivity contribution < 1.29 is 33.5 Å². The molecule has 236 valence electrons. The Bertz CT molecular complexity index is 1460. The Balaban J connectivity index is 1.44. The number of carbonyl (C=O) groups excluding carboxylic acids is 4. The van der Waals surface area contributed by atoms with Gasteiger partial charge in [-0.15, -0.1) is 0 Å². The van der Waals surface area contributed by atoms with Crippen LogP contribution in [0.15, 0.2) is 85.2 Å². The third kappa shape index (κ3) is 10.1. The number of carboxylic acids is 1. The van der Waals surface area contributed by atoms with E-state index in [0.29, 0.717) is 5.56 Å². The van der Waals surface area contributed by atoms with Gasteiger partial charge in [0.1, 0.15) is 18.3 Å². The number of hydrazine groups is 1. The largest absolute Gasteiger partial charge is 0.481 e. The first-order valence-corrected chi connectivity index (χ1v) is 14.5. The summed E-state index contributed by atoms with van der Waals surface area (Å²) in [5, 5.41) is 14.8. The van der Waals surface area contributed by atoms with Crippen LogP contribution in [0.1, 0.15) is 29.5 Å². The van der Waals surface area contributed by atoms with Gasteiger partial charge in [0.05, 0.1) is 19.4 Å². The number of aromatic nitrogens is 1. The fourth-order valence-electron chi connectivity index (χ4n) is 5.10. The predicted molar refractivity (Wildman–Crippen MR) is 161 cm³/mol. The zero-order valence-electron chi connectivity index (χ0n) is 24.4. The molecule has 4 rings (SSSR count). The van der Waals surface area contributed by atoms with E-state index in [0.717, 1.165) is 16.0 Å². The van der Waals surface area contributed by atoms with Crippen molar-refractivity contribution in [1.82, 2.24) is 31.4 Å². The number of likely N-dealkylation sites (tertiary alicyclic amines) is 1. The quantitative estimate of drug-likeness (QED) is 0.193. The van der Waals surface area contributed by atoms with E-state index < -0.39 is 60.6 Å². The molecule has 12 nitrogen and oxygen atoms in total. The van der Waals surface area contributed by atoms with E-state index in [2.05, 4.69) is 26.5 Å². The molecule has 2 heterocycles. The first kappa shape index (κ1) is 32.6. The average Bonchev–Trinajstić information content (AvgIpc) is 3.42. The summed E-state index contributed by atoms with van der Waals surface area (Å²) in [5.41, 5.74) is 6.66. The van der Waals surface area contributed by atoms with Crippen LogP contribution in [0, 0.1) is 0 Å². The van der Waals surface area contributed by atoms with Crippen molar-refractivity contribution in [3.05, 3.63) is 102 Å². The highest BCUT2D eigenvalue weighted by molar-refractivity contribution is 5.93. The Morgan fingerprint density at radius 2 is 1.53 bits per heavy atom. The minimum absolute atomic E-state index is 0.00402. The van der Waals surface area contributed by atoms with E-state index in [9.17, 15) is 33.5 Å². The molecule has 1 aliphatic rings. The highest BCUT2D eigenvalue weighted by atomic mass is 19.1. The lowest BCUT2D eigenvalue weighted by Gasteiger charge is -2.27. The fraction of sp³-hybridized carbons (Fsp3) is 0.312. The van der Waals surface area contributed by atoms with Gasteiger partial charge in [0.15, 0.2) is 0 Å². The molecule has 13 heteroatoms. The summed E-state index contributed by atoms with van der Waals surface area (Å²) in [6.07, 6.45) is 1.13. The summed E-state index contributed by atoms with van der Waals surface area (Å²) in [7, 11) is 0. The minimum atomic E-state index is -1.51. The van der Waals surface area contributed by atoms with Gasteiger partial charge in [-0.25, -0.2) is 14.6 Å². The number of carboxylic acid groups (broad SMARTS) is 1. The molecule has 3 aromatic rings. The smallest absolute Gasteiger partial charge is 0.336 e. The first-order chi connectivity index (χ1) is 21.7. The second kappa shape index (κ2) is 15.9. The number of aliphatic carboxylic acids is 1. The van der Waals surface area contributed by atoms with Gasteiger partial charge in [0.25, 0.3) is 0 Å². The number of nitrogens with zero attached hydrogens (tertiary/aromatic N) is 2. The van der Waals surface area contributed by atoms with E-state index in [4.69, 9.17) is 0 Å². The zero-order valence-corrected chi connectivity index (χ0v) is 24.4. The van der Waals surface area contributed by atoms with Crippen molar-refractivity contribution in [2.75, 3.05) is 6.54 Å². The number of alkyl halides is 1. The van der Waals surface area contributed by atoms with Gasteiger partial charge < -0.3 is 20.6 Å². The van der Waals surface area contributed by atoms with Crippen LogP contribution in [0.2, 0.25) is 0 Å². The third-order valence-electron chi connectivity index (χ3n) is 7.22. The molecule has 0 bridgehead atoms. The van der Waals surface area contributed by atoms with E-state index in [-0.39, 0.29) is 32.1 Å². The summed E-state index contributed by atoms with van der Waals surface area (Å²) >= 11 is 0. The predicted octanol–water partition coefficient (Wildman–Crippen LogP) is 1.71. The van der Waals surface area contributed by atoms with Gasteiger partial charge in [-0.1, -0.05) is 66.7 Å². The van der Waals surface area contributed by atoms with Gasteiger partial charge in [-0.3, -0.25) is 29.6 Å². The zero-order chi connectivity index (χ0) is 32.2. The monoisotopic (exact) mass is 618 g/mol. The Labute approximate surface area is 259 Å². The molecule has 0 unspecified atom stereocenters. The highest BCUT2D eigenvalue weighted by Crippen LogP contribution is 2.21. The molecular weight excluding hydrogens is 583 g/mol. The van der Waals surface area contributed by atoms with Crippen LogP contribution in [0.25, 0.3) is 0 Å². The third-order valence-corrected chi connectivity index (χ3v) is 7.22. The molecule has 1 fully saturated rings. The summed E-state index contributed by atoms with van der Waals surface area (Å²) < 4.78 is 14.5. The maximum atomic E-state index is 14.5. The Kier molecular flexibility index (Phi) is 11.5. The minimum Gasteiger partial charge on any atom is -0.481 e. The molecule has 1 aromatic heterocycles. The van der Waals surface area contributed by atoms with E-state index in [1.54, 1.807) is 60.8 Å². The van der Waals surface area contributed by atoms with Gasteiger partial charge in [0.2, 0.25) is 17.7 Å². The lowest BCUT2D eigenvalue weighted by molar-refractivity contribution is -0.138. The van der Waals surface area contributed by atoms with Gasteiger partial charge in [-0.2, -0.15) is 0 Å². The van der Waals surface area contributed by atoms with Crippen molar-refractivity contribution in [1.29, 1.82) is 0 Å². The molecule has 45 heavy (non-hydrogen) atoms. The topological polar surface area (TPSA) is 170 Å². The van der Waals surface area contributed by atoms with Crippen molar-refractivity contribution >= 4 is 29.7 Å². The molecule has 5 amide bonds. The molecule has 1 aliphatic heterocycles. The summed E-state index contributed by atoms with van der Waals surface area (Å²) in [4.78, 5) is 68.8. The van der Waals surface area contributed by atoms with E-state index >= 15 is 0 Å². The van der Waals surface area contributed by atoms with Gasteiger partial charge in [0, 0.05) is 31.3 Å². The number of urea groups is 1. The maximum absolute atomic E-state index is 14.5. The molecule has 0 saturated carbocycles. The number of halogens is 1. The molecular formula is C32H35FN6O6. The molecule has 5 N–H and O–H groups in total. The summed E-state index contributed by atoms with van der Waals surface area (Å²) in [6, 6.07) is 17.1. The molecule has 0 aliphatic carbocycles. The summed E-state index contributed by atoms with van der Waals surface area (Å²) in [6.45, 7) is -0.393. The number of hydrogen-bond acceptors (Lipinski definition) is 6. The fourth-order valence-corrected chi connectivity index (χ4v) is 5.10. The van der Waals surface area contributed by atoms with E-state index in [1.807, 2.05) is 18.2 Å². The normalized spacial score (nSPS) is 17.0. The Morgan fingerprint density at radius 1 is 0.867 bits per heavy atom.